The second-order valence-electron chi connectivity index (χ2n) is 2.25. The predicted octanol–water partition coefficient (Wildman–Crippen LogP) is 3.52. The van der Waals surface area contributed by atoms with Gasteiger partial charge >= 0.3 is 0 Å². The van der Waals surface area contributed by atoms with Crippen LogP contribution in [-0.4, -0.2) is 0 Å². The average Bonchev–Trinajstić information content (AvgIpc) is 2.14. The molecular formula is C8H9ClS. The fraction of sp³-hybridized carbons (Fsp3) is 0.250. The van der Waals surface area contributed by atoms with Crippen molar-refractivity contribution in [1.82, 2.24) is 0 Å². The molecule has 0 bridgehead atoms. The van der Waals surface area contributed by atoms with E-state index in [2.05, 4.69) is 19.1 Å². The van der Waals surface area contributed by atoms with Gasteiger partial charge in [-0.25, -0.2) is 0 Å². The second kappa shape index (κ2) is 3.89. The van der Waals surface area contributed by atoms with Crippen LogP contribution in [0.3, 0.4) is 0 Å². The van der Waals surface area contributed by atoms with Gasteiger partial charge in [-0.05, 0) is 33.7 Å². The van der Waals surface area contributed by atoms with Crippen molar-refractivity contribution in [3.8, 4) is 0 Å². The summed E-state index contributed by atoms with van der Waals surface area (Å²) >= 11 is 0. The van der Waals surface area contributed by atoms with Crippen molar-refractivity contribution in [3.05, 3.63) is 35.3 Å². The second-order valence-corrected chi connectivity index (χ2v) is 3.34. The molecule has 0 aromatic rings. The van der Waals surface area contributed by atoms with Gasteiger partial charge in [-0.2, -0.15) is 0 Å². The highest BCUT2D eigenvalue weighted by Gasteiger charge is 1.95. The van der Waals surface area contributed by atoms with Crippen LogP contribution in [0.15, 0.2) is 35.3 Å². The van der Waals surface area contributed by atoms with E-state index in [9.17, 15) is 0 Å². The lowest BCUT2D eigenvalue weighted by molar-refractivity contribution is 0.942. The van der Waals surface area contributed by atoms with Crippen LogP contribution in [0, 0.1) is 5.92 Å². The Labute approximate surface area is 70.1 Å². The average molecular weight is 173 g/mol. The molecule has 1 atom stereocenters. The molecule has 0 aromatic carbocycles. The zero-order chi connectivity index (χ0) is 7.40. The lowest BCUT2D eigenvalue weighted by atomic mass is 10.2. The van der Waals surface area contributed by atoms with Crippen molar-refractivity contribution in [2.24, 2.45) is 5.92 Å². The highest BCUT2D eigenvalue weighted by Crippen LogP contribution is 2.23. The molecule has 0 aliphatic heterocycles. The summed E-state index contributed by atoms with van der Waals surface area (Å²) in [5.41, 5.74) is 0. The zero-order valence-corrected chi connectivity index (χ0v) is 7.32. The van der Waals surface area contributed by atoms with E-state index in [0.717, 1.165) is 4.91 Å². The Balaban J connectivity index is 2.71. The summed E-state index contributed by atoms with van der Waals surface area (Å²) in [5, 5.41) is 0. The van der Waals surface area contributed by atoms with Crippen molar-refractivity contribution in [2.75, 3.05) is 0 Å². The van der Waals surface area contributed by atoms with Crippen molar-refractivity contribution in [1.29, 1.82) is 0 Å². The Morgan fingerprint density at radius 3 is 3.00 bits per heavy atom. The Bertz CT molecular complexity index is 191. The maximum Gasteiger partial charge on any atom is 0.0230 e. The minimum absolute atomic E-state index is 0.526. The third kappa shape index (κ3) is 2.24. The van der Waals surface area contributed by atoms with Gasteiger partial charge in [0.25, 0.3) is 0 Å². The SMILES string of the molecule is CC1C=CC=C(SCl)C=C1. The monoisotopic (exact) mass is 172 g/mol. The molecule has 0 saturated carbocycles. The molecule has 0 spiro atoms. The molecule has 1 aliphatic carbocycles. The van der Waals surface area contributed by atoms with E-state index in [1.807, 2.05) is 18.2 Å². The predicted molar refractivity (Wildman–Crippen MR) is 49.0 cm³/mol. The molecule has 1 rings (SSSR count). The molecule has 0 N–H and O–H groups in total. The van der Waals surface area contributed by atoms with Crippen molar-refractivity contribution < 1.29 is 0 Å². The van der Waals surface area contributed by atoms with E-state index in [0.29, 0.717) is 5.92 Å². The summed E-state index contributed by atoms with van der Waals surface area (Å²) in [4.78, 5) is 1.10. The van der Waals surface area contributed by atoms with Crippen molar-refractivity contribution >= 4 is 21.7 Å². The maximum absolute atomic E-state index is 5.56. The van der Waals surface area contributed by atoms with Crippen LogP contribution in [0.2, 0.25) is 0 Å². The van der Waals surface area contributed by atoms with Crippen LogP contribution >= 0.6 is 21.7 Å². The van der Waals surface area contributed by atoms with E-state index < -0.39 is 0 Å². The molecule has 0 nitrogen and oxygen atoms in total. The van der Waals surface area contributed by atoms with E-state index in [4.69, 9.17) is 10.7 Å². The Morgan fingerprint density at radius 1 is 1.50 bits per heavy atom. The topological polar surface area (TPSA) is 0 Å². The first-order chi connectivity index (χ1) is 4.83. The molecule has 2 heteroatoms. The highest BCUT2D eigenvalue weighted by atomic mass is 35.7. The Hall–Kier alpha value is -0.140. The van der Waals surface area contributed by atoms with Gasteiger partial charge in [0, 0.05) is 4.91 Å². The van der Waals surface area contributed by atoms with Crippen LogP contribution in [0.5, 0.6) is 0 Å². The smallest absolute Gasteiger partial charge is 0.0230 e. The normalized spacial score (nSPS) is 24.2. The molecule has 54 valence electrons. The first-order valence-corrected chi connectivity index (χ1v) is 4.82. The molecule has 0 saturated heterocycles. The van der Waals surface area contributed by atoms with Crippen LogP contribution in [-0.2, 0) is 0 Å². The summed E-state index contributed by atoms with van der Waals surface area (Å²) in [6, 6.07) is 0. The third-order valence-electron chi connectivity index (χ3n) is 1.33. The molecule has 0 fully saturated rings. The first kappa shape index (κ1) is 7.96. The summed E-state index contributed by atoms with van der Waals surface area (Å²) in [6.45, 7) is 2.14. The van der Waals surface area contributed by atoms with E-state index >= 15 is 0 Å². The minimum Gasteiger partial charge on any atom is -0.0779 e. The van der Waals surface area contributed by atoms with Crippen LogP contribution in [0.1, 0.15) is 6.92 Å². The molecule has 0 heterocycles. The summed E-state index contributed by atoms with van der Waals surface area (Å²) in [7, 11) is 6.82. The van der Waals surface area contributed by atoms with Gasteiger partial charge in [0.1, 0.15) is 0 Å². The van der Waals surface area contributed by atoms with Gasteiger partial charge in [0.05, 0.1) is 0 Å². The van der Waals surface area contributed by atoms with E-state index in [1.165, 1.54) is 11.0 Å². The number of halogens is 1. The molecule has 1 aliphatic rings. The lowest BCUT2D eigenvalue weighted by Crippen LogP contribution is -1.77. The van der Waals surface area contributed by atoms with Gasteiger partial charge in [-0.3, -0.25) is 0 Å². The molecule has 10 heavy (non-hydrogen) atoms. The number of hydrogen-bond donors (Lipinski definition) is 0. The quantitative estimate of drug-likeness (QED) is 0.583. The van der Waals surface area contributed by atoms with Gasteiger partial charge in [-0.1, -0.05) is 31.2 Å². The van der Waals surface area contributed by atoms with E-state index in [-0.39, 0.29) is 0 Å². The third-order valence-corrected chi connectivity index (χ3v) is 2.31. The van der Waals surface area contributed by atoms with Crippen LogP contribution < -0.4 is 0 Å². The Kier molecular flexibility index (Phi) is 3.10. The molecular weight excluding hydrogens is 164 g/mol. The largest absolute Gasteiger partial charge is 0.0779 e. The van der Waals surface area contributed by atoms with Gasteiger partial charge in [0.2, 0.25) is 0 Å². The maximum atomic E-state index is 5.56. The molecule has 0 radical (unpaired) electrons. The summed E-state index contributed by atoms with van der Waals surface area (Å²) in [5.74, 6) is 0.526. The standard InChI is InChI=1S/C8H9ClS/c1-7-3-2-4-8(10-9)6-5-7/h2-7H,1H3. The number of rotatable bonds is 1. The summed E-state index contributed by atoms with van der Waals surface area (Å²) in [6.07, 6.45) is 10.4. The Morgan fingerprint density at radius 2 is 2.30 bits per heavy atom. The van der Waals surface area contributed by atoms with Crippen molar-refractivity contribution in [3.63, 3.8) is 0 Å². The molecule has 1 unspecified atom stereocenters. The zero-order valence-electron chi connectivity index (χ0n) is 5.75. The molecule has 0 aromatic heterocycles. The first-order valence-electron chi connectivity index (χ1n) is 3.18. The van der Waals surface area contributed by atoms with Crippen molar-refractivity contribution in [2.45, 2.75) is 6.92 Å². The number of allylic oxidation sites excluding steroid dienone is 5. The van der Waals surface area contributed by atoms with Gasteiger partial charge in [-0.15, -0.1) is 0 Å². The summed E-state index contributed by atoms with van der Waals surface area (Å²) < 4.78 is 0. The fourth-order valence-corrected chi connectivity index (χ4v) is 1.31. The minimum atomic E-state index is 0.526. The lowest BCUT2D eigenvalue weighted by Gasteiger charge is -1.92. The van der Waals surface area contributed by atoms with Crippen LogP contribution in [0.4, 0.5) is 0 Å². The molecule has 0 amide bonds. The van der Waals surface area contributed by atoms with E-state index in [1.54, 1.807) is 0 Å². The number of hydrogen-bond acceptors (Lipinski definition) is 1. The highest BCUT2D eigenvalue weighted by molar-refractivity contribution is 8.24. The van der Waals surface area contributed by atoms with Gasteiger partial charge < -0.3 is 0 Å². The van der Waals surface area contributed by atoms with Gasteiger partial charge in [0.15, 0.2) is 0 Å². The fourth-order valence-electron chi connectivity index (χ4n) is 0.743. The van der Waals surface area contributed by atoms with Crippen LogP contribution in [0.25, 0.3) is 0 Å².